The first-order valence-electron chi connectivity index (χ1n) is 9.32. The average molecular weight is 397 g/mol. The SMILES string of the molecule is Cn1c(=O)n(Cc2ccc(C(=O)Nc3ccccc3N)cc2)c2cccc(C#N)c21. The van der Waals surface area contributed by atoms with Gasteiger partial charge in [-0.1, -0.05) is 30.3 Å². The van der Waals surface area contributed by atoms with Gasteiger partial charge in [-0.2, -0.15) is 5.26 Å². The Morgan fingerprint density at radius 2 is 1.80 bits per heavy atom. The number of benzene rings is 3. The van der Waals surface area contributed by atoms with Crippen LogP contribution >= 0.6 is 0 Å². The summed E-state index contributed by atoms with van der Waals surface area (Å²) in [7, 11) is 1.66. The zero-order chi connectivity index (χ0) is 21.3. The first-order valence-corrected chi connectivity index (χ1v) is 9.32. The van der Waals surface area contributed by atoms with Crippen LogP contribution < -0.4 is 16.7 Å². The van der Waals surface area contributed by atoms with Crippen molar-refractivity contribution in [1.29, 1.82) is 5.26 Å². The lowest BCUT2D eigenvalue weighted by molar-refractivity contribution is 0.102. The van der Waals surface area contributed by atoms with E-state index in [1.54, 1.807) is 60.1 Å². The number of anilines is 2. The third-order valence-corrected chi connectivity index (χ3v) is 5.05. The highest BCUT2D eigenvalue weighted by Crippen LogP contribution is 2.20. The van der Waals surface area contributed by atoms with Crippen molar-refractivity contribution < 1.29 is 4.79 Å². The number of nitrogens with two attached hydrogens (primary N) is 1. The molecule has 4 aromatic rings. The molecule has 0 atom stereocenters. The minimum absolute atomic E-state index is 0.200. The van der Waals surface area contributed by atoms with Gasteiger partial charge in [-0.3, -0.25) is 13.9 Å². The number of nitriles is 1. The van der Waals surface area contributed by atoms with Gasteiger partial charge in [-0.15, -0.1) is 0 Å². The summed E-state index contributed by atoms with van der Waals surface area (Å²) in [6.07, 6.45) is 0. The smallest absolute Gasteiger partial charge is 0.329 e. The van der Waals surface area contributed by atoms with E-state index in [2.05, 4.69) is 11.4 Å². The number of carbonyl (C=O) groups excluding carboxylic acids is 1. The third-order valence-electron chi connectivity index (χ3n) is 5.05. The quantitative estimate of drug-likeness (QED) is 0.516. The monoisotopic (exact) mass is 397 g/mol. The van der Waals surface area contributed by atoms with Crippen molar-refractivity contribution in [2.24, 2.45) is 7.05 Å². The first kappa shape index (κ1) is 19.0. The van der Waals surface area contributed by atoms with Crippen LogP contribution in [-0.2, 0) is 13.6 Å². The van der Waals surface area contributed by atoms with Gasteiger partial charge in [0, 0.05) is 12.6 Å². The van der Waals surface area contributed by atoms with Gasteiger partial charge in [0.05, 0.1) is 34.5 Å². The molecule has 0 aliphatic rings. The summed E-state index contributed by atoms with van der Waals surface area (Å²) in [6.45, 7) is 0.332. The second-order valence-corrected chi connectivity index (χ2v) is 6.95. The Hall–Kier alpha value is -4.31. The second-order valence-electron chi connectivity index (χ2n) is 6.95. The summed E-state index contributed by atoms with van der Waals surface area (Å²) in [6, 6.07) is 21.5. The zero-order valence-electron chi connectivity index (χ0n) is 16.3. The first-order chi connectivity index (χ1) is 14.5. The number of fused-ring (bicyclic) bond motifs is 1. The van der Waals surface area contributed by atoms with Crippen LogP contribution in [0.2, 0.25) is 0 Å². The highest BCUT2D eigenvalue weighted by Gasteiger charge is 2.14. The van der Waals surface area contributed by atoms with E-state index in [1.807, 2.05) is 18.2 Å². The lowest BCUT2D eigenvalue weighted by Gasteiger charge is -2.09. The molecule has 3 aromatic carbocycles. The number of aryl methyl sites for hydroxylation is 1. The van der Waals surface area contributed by atoms with E-state index in [9.17, 15) is 14.9 Å². The van der Waals surface area contributed by atoms with Gasteiger partial charge in [0.15, 0.2) is 0 Å². The Morgan fingerprint density at radius 3 is 2.50 bits per heavy atom. The maximum atomic E-state index is 12.7. The van der Waals surface area contributed by atoms with E-state index in [4.69, 9.17) is 5.73 Å². The van der Waals surface area contributed by atoms with Gasteiger partial charge < -0.3 is 11.1 Å². The molecule has 0 fully saturated rings. The normalized spacial score (nSPS) is 10.7. The van der Waals surface area contributed by atoms with Crippen molar-refractivity contribution >= 4 is 28.3 Å². The topological polar surface area (TPSA) is 106 Å². The van der Waals surface area contributed by atoms with Crippen LogP contribution in [0, 0.1) is 11.3 Å². The average Bonchev–Trinajstić information content (AvgIpc) is 3.00. The molecule has 1 heterocycles. The molecule has 1 amide bonds. The number of para-hydroxylation sites is 3. The molecule has 0 spiro atoms. The Kier molecular flexibility index (Phi) is 4.82. The number of hydrogen-bond acceptors (Lipinski definition) is 4. The fourth-order valence-electron chi connectivity index (χ4n) is 3.47. The Balaban J connectivity index is 1.60. The molecule has 0 radical (unpaired) electrons. The van der Waals surface area contributed by atoms with Crippen LogP contribution in [0.15, 0.2) is 71.5 Å². The number of nitrogen functional groups attached to an aromatic ring is 1. The predicted molar refractivity (Wildman–Crippen MR) is 116 cm³/mol. The van der Waals surface area contributed by atoms with Crippen LogP contribution in [0.4, 0.5) is 11.4 Å². The molecule has 0 unspecified atom stereocenters. The maximum absolute atomic E-state index is 12.7. The van der Waals surface area contributed by atoms with Crippen LogP contribution in [0.25, 0.3) is 11.0 Å². The lowest BCUT2D eigenvalue weighted by Crippen LogP contribution is -2.22. The number of imidazole rings is 1. The molecule has 0 bridgehead atoms. The molecule has 1 aromatic heterocycles. The molecule has 3 N–H and O–H groups in total. The molecule has 7 heteroatoms. The van der Waals surface area contributed by atoms with E-state index < -0.39 is 0 Å². The highest BCUT2D eigenvalue weighted by molar-refractivity contribution is 6.05. The molecular formula is C23H19N5O2. The number of hydrogen-bond donors (Lipinski definition) is 2. The van der Waals surface area contributed by atoms with Gasteiger partial charge in [0.1, 0.15) is 6.07 Å². The van der Waals surface area contributed by atoms with Gasteiger partial charge in [0.2, 0.25) is 0 Å². The van der Waals surface area contributed by atoms with Crippen LogP contribution in [0.5, 0.6) is 0 Å². The molecule has 7 nitrogen and oxygen atoms in total. The Morgan fingerprint density at radius 1 is 1.07 bits per heavy atom. The molecule has 0 saturated heterocycles. The van der Waals surface area contributed by atoms with Crippen LogP contribution in [-0.4, -0.2) is 15.0 Å². The summed E-state index contributed by atoms with van der Waals surface area (Å²) in [5, 5.41) is 12.1. The third kappa shape index (κ3) is 3.31. The van der Waals surface area contributed by atoms with Gasteiger partial charge >= 0.3 is 5.69 Å². The predicted octanol–water partition coefficient (Wildman–Crippen LogP) is 3.09. The minimum Gasteiger partial charge on any atom is -0.397 e. The van der Waals surface area contributed by atoms with Crippen LogP contribution in [0.3, 0.4) is 0 Å². The number of nitrogens with one attached hydrogen (secondary N) is 1. The molecule has 0 saturated carbocycles. The zero-order valence-corrected chi connectivity index (χ0v) is 16.3. The minimum atomic E-state index is -0.263. The van der Waals surface area contributed by atoms with Gasteiger partial charge in [0.25, 0.3) is 5.91 Å². The number of rotatable bonds is 4. The van der Waals surface area contributed by atoms with E-state index in [-0.39, 0.29) is 11.6 Å². The number of nitrogens with zero attached hydrogens (tertiary/aromatic N) is 3. The van der Waals surface area contributed by atoms with Crippen molar-refractivity contribution in [3.05, 3.63) is 93.9 Å². The summed E-state index contributed by atoms with van der Waals surface area (Å²) >= 11 is 0. The molecule has 0 aliphatic carbocycles. The fraction of sp³-hybridized carbons (Fsp3) is 0.0870. The van der Waals surface area contributed by atoms with Gasteiger partial charge in [-0.25, -0.2) is 4.79 Å². The molecule has 4 rings (SSSR count). The molecule has 0 aliphatic heterocycles. The van der Waals surface area contributed by atoms with Crippen molar-refractivity contribution in [1.82, 2.24) is 9.13 Å². The van der Waals surface area contributed by atoms with E-state index >= 15 is 0 Å². The van der Waals surface area contributed by atoms with E-state index in [1.165, 1.54) is 4.57 Å². The largest absolute Gasteiger partial charge is 0.397 e. The summed E-state index contributed by atoms with van der Waals surface area (Å²) in [5.74, 6) is -0.263. The summed E-state index contributed by atoms with van der Waals surface area (Å²) in [5.41, 5.74) is 9.84. The van der Waals surface area contributed by atoms with Crippen LogP contribution in [0.1, 0.15) is 21.5 Å². The number of carbonyl (C=O) groups is 1. The highest BCUT2D eigenvalue weighted by atomic mass is 16.2. The number of amides is 1. The second kappa shape index (κ2) is 7.60. The fourth-order valence-corrected chi connectivity index (χ4v) is 3.47. The van der Waals surface area contributed by atoms with Crippen molar-refractivity contribution in [2.45, 2.75) is 6.54 Å². The Labute approximate surface area is 172 Å². The summed E-state index contributed by atoms with van der Waals surface area (Å²) < 4.78 is 3.11. The number of aromatic nitrogens is 2. The van der Waals surface area contributed by atoms with Crippen molar-refractivity contribution in [3.63, 3.8) is 0 Å². The van der Waals surface area contributed by atoms with E-state index in [0.717, 1.165) is 5.56 Å². The lowest BCUT2D eigenvalue weighted by atomic mass is 10.1. The standard InChI is InChI=1S/C23H19N5O2/c1-27-21-17(13-24)5-4-8-20(21)28(23(27)30)14-15-9-11-16(12-10-15)22(29)26-19-7-3-2-6-18(19)25/h2-12H,14,25H2,1H3,(H,26,29). The van der Waals surface area contributed by atoms with Crippen molar-refractivity contribution in [3.8, 4) is 6.07 Å². The maximum Gasteiger partial charge on any atom is 0.329 e. The molecule has 30 heavy (non-hydrogen) atoms. The van der Waals surface area contributed by atoms with Gasteiger partial charge in [-0.05, 0) is 42.0 Å². The molecular weight excluding hydrogens is 378 g/mol. The Bertz CT molecular complexity index is 1360. The summed E-state index contributed by atoms with van der Waals surface area (Å²) in [4.78, 5) is 25.2. The van der Waals surface area contributed by atoms with Crippen molar-refractivity contribution in [2.75, 3.05) is 11.1 Å². The van der Waals surface area contributed by atoms with E-state index in [0.29, 0.717) is 40.1 Å². The molecule has 148 valence electrons.